The highest BCUT2D eigenvalue weighted by molar-refractivity contribution is 5.60. The maximum Gasteiger partial charge on any atom is 0.126 e. The molecule has 1 aromatic carbocycles. The molecule has 0 saturated heterocycles. The summed E-state index contributed by atoms with van der Waals surface area (Å²) in [5.41, 5.74) is 2.80. The molecule has 0 unspecified atom stereocenters. The smallest absolute Gasteiger partial charge is 0.126 e. The van der Waals surface area contributed by atoms with E-state index in [9.17, 15) is 0 Å². The first-order chi connectivity index (χ1) is 10.4. The number of hydrogen-bond donors (Lipinski definition) is 1. The van der Waals surface area contributed by atoms with Crippen molar-refractivity contribution in [2.75, 3.05) is 13.7 Å². The second-order valence-electron chi connectivity index (χ2n) is 6.45. The third kappa shape index (κ3) is 4.10. The van der Waals surface area contributed by atoms with E-state index in [1.54, 1.807) is 12.7 Å². The number of nitrogens with one attached hydrogen (secondary N) is 1. The number of rotatable bonds is 6. The first-order valence-electron chi connectivity index (χ1n) is 8.43. The van der Waals surface area contributed by atoms with E-state index in [-0.39, 0.29) is 0 Å². The van der Waals surface area contributed by atoms with Crippen LogP contribution in [0.3, 0.4) is 0 Å². The molecule has 0 aromatic heterocycles. The summed E-state index contributed by atoms with van der Waals surface area (Å²) in [5.74, 6) is 1.74. The topological polar surface area (TPSA) is 21.3 Å². The summed E-state index contributed by atoms with van der Waals surface area (Å²) in [5, 5.41) is 3.70. The molecule has 2 heteroatoms. The van der Waals surface area contributed by atoms with E-state index >= 15 is 0 Å². The van der Waals surface area contributed by atoms with Gasteiger partial charge in [0, 0.05) is 18.2 Å². The van der Waals surface area contributed by atoms with E-state index in [1.165, 1.54) is 50.5 Å². The third-order valence-electron chi connectivity index (χ3n) is 4.78. The molecule has 0 bridgehead atoms. The zero-order valence-corrected chi connectivity index (χ0v) is 13.1. The fourth-order valence-electron chi connectivity index (χ4n) is 3.32. The molecule has 2 nitrogen and oxygen atoms in total. The predicted octanol–water partition coefficient (Wildman–Crippen LogP) is 4.41. The summed E-state index contributed by atoms with van der Waals surface area (Å²) in [6, 6.07) is 9.13. The molecular weight excluding hydrogens is 258 g/mol. The van der Waals surface area contributed by atoms with Gasteiger partial charge in [0.25, 0.3) is 0 Å². The lowest BCUT2D eigenvalue weighted by Gasteiger charge is -2.25. The molecule has 2 fully saturated rings. The van der Waals surface area contributed by atoms with Crippen molar-refractivity contribution in [3.8, 4) is 5.75 Å². The standard InChI is InChI=1S/C19H27NO/c1-21-19-10-6-5-9-16(19)13-17(14-20-18-11-12-18)15-7-3-2-4-8-15/h5-6,9-10,13,15,18,20H,2-4,7-8,11-12,14H2,1H3/b17-13-. The molecule has 0 aliphatic heterocycles. The average molecular weight is 285 g/mol. The van der Waals surface area contributed by atoms with Crippen molar-refractivity contribution in [1.29, 1.82) is 0 Å². The lowest BCUT2D eigenvalue weighted by Crippen LogP contribution is -2.24. The van der Waals surface area contributed by atoms with E-state index in [2.05, 4.69) is 29.6 Å². The lowest BCUT2D eigenvalue weighted by atomic mass is 9.83. The number of hydrogen-bond acceptors (Lipinski definition) is 2. The summed E-state index contributed by atoms with van der Waals surface area (Å²) in [4.78, 5) is 0. The van der Waals surface area contributed by atoms with Crippen LogP contribution in [0, 0.1) is 5.92 Å². The fraction of sp³-hybridized carbons (Fsp3) is 0.579. The molecular formula is C19H27NO. The summed E-state index contributed by atoms with van der Waals surface area (Å²) < 4.78 is 5.51. The quantitative estimate of drug-likeness (QED) is 0.836. The Labute approximate surface area is 128 Å². The van der Waals surface area contributed by atoms with Crippen LogP contribution in [-0.4, -0.2) is 19.7 Å². The summed E-state index contributed by atoms with van der Waals surface area (Å²) in [6.45, 7) is 1.05. The summed E-state index contributed by atoms with van der Waals surface area (Å²) in [6.07, 6.45) is 12.0. The van der Waals surface area contributed by atoms with Crippen LogP contribution >= 0.6 is 0 Å². The van der Waals surface area contributed by atoms with Crippen molar-refractivity contribution in [3.05, 3.63) is 35.4 Å². The normalized spacial score (nSPS) is 20.5. The maximum atomic E-state index is 5.51. The highest BCUT2D eigenvalue weighted by atomic mass is 16.5. The van der Waals surface area contributed by atoms with Gasteiger partial charge in [-0.3, -0.25) is 0 Å². The minimum Gasteiger partial charge on any atom is -0.496 e. The first-order valence-corrected chi connectivity index (χ1v) is 8.43. The van der Waals surface area contributed by atoms with Crippen LogP contribution in [0.1, 0.15) is 50.5 Å². The minimum atomic E-state index is 0.759. The Hall–Kier alpha value is -1.28. The van der Waals surface area contributed by atoms with Gasteiger partial charge in [0.15, 0.2) is 0 Å². The van der Waals surface area contributed by atoms with Crippen molar-refractivity contribution in [2.24, 2.45) is 5.92 Å². The lowest BCUT2D eigenvalue weighted by molar-refractivity contribution is 0.396. The second kappa shape index (κ2) is 7.13. The molecule has 0 radical (unpaired) electrons. The molecule has 0 heterocycles. The van der Waals surface area contributed by atoms with E-state index < -0.39 is 0 Å². The van der Waals surface area contributed by atoms with Crippen LogP contribution in [0.2, 0.25) is 0 Å². The zero-order valence-electron chi connectivity index (χ0n) is 13.1. The zero-order chi connectivity index (χ0) is 14.5. The van der Waals surface area contributed by atoms with Crippen LogP contribution in [0.15, 0.2) is 29.8 Å². The van der Waals surface area contributed by atoms with Crippen LogP contribution in [0.5, 0.6) is 5.75 Å². The highest BCUT2D eigenvalue weighted by Crippen LogP contribution is 2.32. The molecule has 2 aliphatic carbocycles. The van der Waals surface area contributed by atoms with Gasteiger partial charge in [0.1, 0.15) is 5.75 Å². The SMILES string of the molecule is COc1ccccc1/C=C(/CNC1CC1)C1CCCCC1. The molecule has 1 aromatic rings. The third-order valence-corrected chi connectivity index (χ3v) is 4.78. The molecule has 21 heavy (non-hydrogen) atoms. The molecule has 1 N–H and O–H groups in total. The fourth-order valence-corrected chi connectivity index (χ4v) is 3.32. The van der Waals surface area contributed by atoms with Gasteiger partial charge in [-0.1, -0.05) is 49.1 Å². The van der Waals surface area contributed by atoms with Crippen molar-refractivity contribution in [2.45, 2.75) is 51.0 Å². The number of ether oxygens (including phenoxy) is 1. The minimum absolute atomic E-state index is 0.759. The molecule has 114 valence electrons. The molecule has 0 amide bonds. The van der Waals surface area contributed by atoms with Crippen molar-refractivity contribution >= 4 is 6.08 Å². The monoisotopic (exact) mass is 285 g/mol. The van der Waals surface area contributed by atoms with Crippen LogP contribution in [-0.2, 0) is 0 Å². The Kier molecular flexibility index (Phi) is 4.97. The van der Waals surface area contributed by atoms with Crippen LogP contribution < -0.4 is 10.1 Å². The van der Waals surface area contributed by atoms with Gasteiger partial charge in [0.05, 0.1) is 7.11 Å². The second-order valence-corrected chi connectivity index (χ2v) is 6.45. The molecule has 3 rings (SSSR count). The predicted molar refractivity (Wildman–Crippen MR) is 88.6 cm³/mol. The Balaban J connectivity index is 1.79. The van der Waals surface area contributed by atoms with Gasteiger partial charge in [-0.25, -0.2) is 0 Å². The Morgan fingerprint density at radius 2 is 1.90 bits per heavy atom. The highest BCUT2D eigenvalue weighted by Gasteiger charge is 2.23. The van der Waals surface area contributed by atoms with Crippen molar-refractivity contribution in [3.63, 3.8) is 0 Å². The summed E-state index contributed by atoms with van der Waals surface area (Å²) >= 11 is 0. The molecule has 2 saturated carbocycles. The molecule has 2 aliphatic rings. The largest absolute Gasteiger partial charge is 0.496 e. The number of para-hydroxylation sites is 1. The van der Waals surface area contributed by atoms with Gasteiger partial charge >= 0.3 is 0 Å². The van der Waals surface area contributed by atoms with E-state index in [1.807, 2.05) is 6.07 Å². The van der Waals surface area contributed by atoms with Crippen molar-refractivity contribution < 1.29 is 4.74 Å². The molecule has 0 atom stereocenters. The maximum absolute atomic E-state index is 5.51. The Morgan fingerprint density at radius 1 is 1.14 bits per heavy atom. The van der Waals surface area contributed by atoms with Gasteiger partial charge < -0.3 is 10.1 Å². The van der Waals surface area contributed by atoms with Gasteiger partial charge in [0.2, 0.25) is 0 Å². The van der Waals surface area contributed by atoms with Gasteiger partial charge in [-0.15, -0.1) is 0 Å². The Bertz CT molecular complexity index is 484. The van der Waals surface area contributed by atoms with Crippen LogP contribution in [0.4, 0.5) is 0 Å². The summed E-state index contributed by atoms with van der Waals surface area (Å²) in [7, 11) is 1.76. The van der Waals surface area contributed by atoms with E-state index in [4.69, 9.17) is 4.74 Å². The Morgan fingerprint density at radius 3 is 2.62 bits per heavy atom. The van der Waals surface area contributed by atoms with E-state index in [0.717, 1.165) is 24.3 Å². The van der Waals surface area contributed by atoms with E-state index in [0.29, 0.717) is 0 Å². The average Bonchev–Trinajstić information content (AvgIpc) is 3.37. The number of benzene rings is 1. The molecule has 0 spiro atoms. The van der Waals surface area contributed by atoms with Gasteiger partial charge in [-0.05, 0) is 37.7 Å². The van der Waals surface area contributed by atoms with Crippen LogP contribution in [0.25, 0.3) is 6.08 Å². The first kappa shape index (κ1) is 14.6. The van der Waals surface area contributed by atoms with Crippen molar-refractivity contribution in [1.82, 2.24) is 5.32 Å². The number of methoxy groups -OCH3 is 1. The van der Waals surface area contributed by atoms with Gasteiger partial charge in [-0.2, -0.15) is 0 Å².